The molecule has 5 nitrogen and oxygen atoms in total. The molecule has 3 aromatic rings. The van der Waals surface area contributed by atoms with Crippen LogP contribution in [0.25, 0.3) is 0 Å². The summed E-state index contributed by atoms with van der Waals surface area (Å²) < 4.78 is 25.5. The molecule has 2 N–H and O–H groups in total. The molecule has 176 valence electrons. The Morgan fingerprint density at radius 1 is 0.941 bits per heavy atom. The summed E-state index contributed by atoms with van der Waals surface area (Å²) in [5, 5.41) is 5.91. The molecule has 1 heterocycles. The van der Waals surface area contributed by atoms with Gasteiger partial charge in [-0.25, -0.2) is 13.8 Å². The normalized spacial score (nSPS) is 18.3. The van der Waals surface area contributed by atoms with Gasteiger partial charge in [-0.05, 0) is 42.0 Å². The molecular weight excluding hydrogens is 554 g/mol. The first-order valence-electron chi connectivity index (χ1n) is 9.54. The highest BCUT2D eigenvalue weighted by Crippen LogP contribution is 2.65. The zero-order valence-electron chi connectivity index (χ0n) is 16.7. The van der Waals surface area contributed by atoms with Crippen LogP contribution in [0.15, 0.2) is 48.7 Å². The number of hydrogen-bond donors (Lipinski definition) is 2. The third kappa shape index (κ3) is 5.09. The van der Waals surface area contributed by atoms with Crippen LogP contribution < -0.4 is 10.6 Å². The van der Waals surface area contributed by atoms with Crippen molar-refractivity contribution < 1.29 is 18.4 Å². The number of nitrogens with one attached hydrogen (secondary N) is 2. The molecule has 4 rings (SSSR count). The molecule has 34 heavy (non-hydrogen) atoms. The standard InChI is InChI=1S/C22H12Cl5F2N3O2/c23-10-3-9(4-11(24)5-10)17-18(22(17,26)27)20(33)31-13-1-2-14(25)16(7-13)32-21(34)19-15(29)6-12(28)8-30-19/h1-8,17-18H,(H,31,33)(H,32,34). The summed E-state index contributed by atoms with van der Waals surface area (Å²) in [5.41, 5.74) is 0.311. The van der Waals surface area contributed by atoms with E-state index in [0.29, 0.717) is 27.9 Å². The average Bonchev–Trinajstić information content (AvgIpc) is 3.32. The second-order valence-electron chi connectivity index (χ2n) is 7.45. The van der Waals surface area contributed by atoms with Gasteiger partial charge in [0.25, 0.3) is 5.91 Å². The van der Waals surface area contributed by atoms with Crippen molar-refractivity contribution in [2.24, 2.45) is 5.92 Å². The molecule has 0 radical (unpaired) electrons. The van der Waals surface area contributed by atoms with Gasteiger partial charge in [0.1, 0.15) is 10.2 Å². The van der Waals surface area contributed by atoms with E-state index in [1.807, 2.05) is 0 Å². The Morgan fingerprint density at radius 3 is 2.26 bits per heavy atom. The van der Waals surface area contributed by atoms with E-state index in [9.17, 15) is 18.4 Å². The molecule has 2 amide bonds. The molecule has 12 heteroatoms. The van der Waals surface area contributed by atoms with Crippen molar-refractivity contribution >= 4 is 81.2 Å². The molecule has 0 saturated heterocycles. The van der Waals surface area contributed by atoms with E-state index >= 15 is 0 Å². The molecule has 2 atom stereocenters. The number of carbonyl (C=O) groups excluding carboxylic acids is 2. The van der Waals surface area contributed by atoms with E-state index in [1.54, 1.807) is 18.2 Å². The number of anilines is 2. The molecule has 1 saturated carbocycles. The fourth-order valence-electron chi connectivity index (χ4n) is 3.50. The van der Waals surface area contributed by atoms with E-state index in [-0.39, 0.29) is 16.4 Å². The minimum absolute atomic E-state index is 0.0620. The summed E-state index contributed by atoms with van der Waals surface area (Å²) in [6, 6.07) is 9.60. The van der Waals surface area contributed by atoms with Crippen molar-refractivity contribution in [2.75, 3.05) is 10.6 Å². The number of pyridine rings is 1. The highest BCUT2D eigenvalue weighted by atomic mass is 35.5. The van der Waals surface area contributed by atoms with Gasteiger partial charge in [0.15, 0.2) is 11.5 Å². The van der Waals surface area contributed by atoms with Crippen LogP contribution in [0.1, 0.15) is 22.0 Å². The van der Waals surface area contributed by atoms with Crippen molar-refractivity contribution in [1.82, 2.24) is 4.98 Å². The van der Waals surface area contributed by atoms with E-state index < -0.39 is 45.3 Å². The number of nitrogens with zero attached hydrogens (tertiary/aromatic N) is 1. The zero-order chi connectivity index (χ0) is 24.8. The van der Waals surface area contributed by atoms with Gasteiger partial charge in [0.2, 0.25) is 5.91 Å². The Morgan fingerprint density at radius 2 is 1.62 bits per heavy atom. The van der Waals surface area contributed by atoms with Crippen molar-refractivity contribution in [3.05, 3.63) is 86.6 Å². The van der Waals surface area contributed by atoms with Crippen LogP contribution in [0, 0.1) is 17.6 Å². The van der Waals surface area contributed by atoms with Gasteiger partial charge in [-0.2, -0.15) is 0 Å². The van der Waals surface area contributed by atoms with Crippen LogP contribution in [-0.4, -0.2) is 21.1 Å². The van der Waals surface area contributed by atoms with Crippen molar-refractivity contribution in [2.45, 2.75) is 10.3 Å². The molecular formula is C22H12Cl5F2N3O2. The molecule has 2 unspecified atom stereocenters. The van der Waals surface area contributed by atoms with Crippen molar-refractivity contribution in [3.63, 3.8) is 0 Å². The lowest BCUT2D eigenvalue weighted by Gasteiger charge is -2.11. The number of amides is 2. The second-order valence-corrected chi connectivity index (χ2v) is 10.2. The Labute approximate surface area is 217 Å². The number of alkyl halides is 2. The first-order chi connectivity index (χ1) is 16.0. The van der Waals surface area contributed by atoms with Crippen LogP contribution in [0.3, 0.4) is 0 Å². The van der Waals surface area contributed by atoms with Crippen molar-refractivity contribution in [3.8, 4) is 0 Å². The van der Waals surface area contributed by atoms with Crippen LogP contribution in [0.5, 0.6) is 0 Å². The van der Waals surface area contributed by atoms with Crippen molar-refractivity contribution in [1.29, 1.82) is 0 Å². The maximum absolute atomic E-state index is 13.9. The summed E-state index contributed by atoms with van der Waals surface area (Å²) in [6.07, 6.45) is 0.708. The van der Waals surface area contributed by atoms with Gasteiger partial charge in [-0.3, -0.25) is 9.59 Å². The summed E-state index contributed by atoms with van der Waals surface area (Å²) in [5.74, 6) is -4.87. The minimum atomic E-state index is -1.38. The van der Waals surface area contributed by atoms with Gasteiger partial charge < -0.3 is 10.6 Å². The summed E-state index contributed by atoms with van der Waals surface area (Å²) in [6.45, 7) is 0. The highest BCUT2D eigenvalue weighted by molar-refractivity contribution is 6.53. The molecule has 0 bridgehead atoms. The maximum atomic E-state index is 13.9. The van der Waals surface area contributed by atoms with Gasteiger partial charge >= 0.3 is 0 Å². The van der Waals surface area contributed by atoms with Crippen LogP contribution >= 0.6 is 58.0 Å². The van der Waals surface area contributed by atoms with Gasteiger partial charge in [0.05, 0.1) is 22.8 Å². The number of carbonyl (C=O) groups is 2. The fraction of sp³-hybridized carbons (Fsp3) is 0.136. The topological polar surface area (TPSA) is 71.1 Å². The van der Waals surface area contributed by atoms with E-state index in [2.05, 4.69) is 15.6 Å². The maximum Gasteiger partial charge on any atom is 0.277 e. The molecule has 0 spiro atoms. The molecule has 1 aliphatic carbocycles. The number of benzene rings is 2. The molecule has 0 aliphatic heterocycles. The number of aromatic nitrogens is 1. The van der Waals surface area contributed by atoms with Gasteiger partial charge in [0, 0.05) is 27.7 Å². The van der Waals surface area contributed by atoms with Crippen LogP contribution in [-0.2, 0) is 4.79 Å². The predicted octanol–water partition coefficient (Wildman–Crippen LogP) is 7.10. The first-order valence-corrected chi connectivity index (χ1v) is 11.4. The molecule has 1 aromatic heterocycles. The smallest absolute Gasteiger partial charge is 0.277 e. The highest BCUT2D eigenvalue weighted by Gasteiger charge is 2.67. The van der Waals surface area contributed by atoms with E-state index in [1.165, 1.54) is 18.2 Å². The van der Waals surface area contributed by atoms with Gasteiger partial charge in [-0.15, -0.1) is 23.2 Å². The number of rotatable bonds is 5. The number of hydrogen-bond acceptors (Lipinski definition) is 3. The third-order valence-electron chi connectivity index (χ3n) is 5.08. The summed E-state index contributed by atoms with van der Waals surface area (Å²) >= 11 is 30.9. The monoisotopic (exact) mass is 563 g/mol. The minimum Gasteiger partial charge on any atom is -0.326 e. The zero-order valence-corrected chi connectivity index (χ0v) is 20.5. The second kappa shape index (κ2) is 9.47. The molecule has 2 aromatic carbocycles. The lowest BCUT2D eigenvalue weighted by molar-refractivity contribution is -0.117. The molecule has 1 aliphatic rings. The fourth-order valence-corrected chi connectivity index (χ4v) is 5.04. The van der Waals surface area contributed by atoms with E-state index in [4.69, 9.17) is 58.0 Å². The Balaban J connectivity index is 1.51. The largest absolute Gasteiger partial charge is 0.326 e. The van der Waals surface area contributed by atoms with Crippen LogP contribution in [0.4, 0.5) is 20.2 Å². The van der Waals surface area contributed by atoms with Crippen LogP contribution in [0.2, 0.25) is 15.1 Å². The lowest BCUT2D eigenvalue weighted by Crippen LogP contribution is -2.18. The Bertz CT molecular complexity index is 1300. The average molecular weight is 566 g/mol. The predicted molar refractivity (Wildman–Crippen MR) is 129 cm³/mol. The Hall–Kier alpha value is -2.16. The third-order valence-corrected chi connectivity index (χ3v) is 6.79. The number of halogens is 7. The SMILES string of the molecule is O=C(Nc1cc(NC(=O)C2C(c3cc(Cl)cc(Cl)c3)C2(Cl)Cl)ccc1Cl)c1ncc(F)cc1F. The lowest BCUT2D eigenvalue weighted by atomic mass is 10.1. The van der Waals surface area contributed by atoms with E-state index in [0.717, 1.165) is 0 Å². The summed E-state index contributed by atoms with van der Waals surface area (Å²) in [4.78, 5) is 28.7. The molecule has 1 fully saturated rings. The summed E-state index contributed by atoms with van der Waals surface area (Å²) in [7, 11) is 0. The Kier molecular flexibility index (Phi) is 6.95. The quantitative estimate of drug-likeness (QED) is 0.324. The first kappa shape index (κ1) is 24.9. The van der Waals surface area contributed by atoms with Gasteiger partial charge in [-0.1, -0.05) is 34.8 Å².